The number of carbonyl (C=O) groups excluding carboxylic acids is 3. The zero-order chi connectivity index (χ0) is 24.9. The van der Waals surface area contributed by atoms with Gasteiger partial charge in [-0.05, 0) is 103 Å². The first-order valence-electron chi connectivity index (χ1n) is 13.5. The number of hydrogen-bond donors (Lipinski definition) is 0. The van der Waals surface area contributed by atoms with Crippen molar-refractivity contribution in [3.8, 4) is 0 Å². The van der Waals surface area contributed by atoms with Crippen LogP contribution in [0.1, 0.15) is 106 Å². The lowest BCUT2D eigenvalue weighted by molar-refractivity contribution is -0.220. The zero-order valence-electron chi connectivity index (χ0n) is 22.0. The molecule has 1 aliphatic heterocycles. The van der Waals surface area contributed by atoms with E-state index in [-0.39, 0.29) is 36.5 Å². The second-order valence-electron chi connectivity index (χ2n) is 13.0. The Morgan fingerprint density at radius 2 is 1.56 bits per heavy atom. The van der Waals surface area contributed by atoms with Gasteiger partial charge in [-0.15, -0.1) is 0 Å². The molecule has 6 nitrogen and oxygen atoms in total. The molecule has 0 aromatic rings. The number of esters is 3. The summed E-state index contributed by atoms with van der Waals surface area (Å²) in [5, 5.41) is 0. The van der Waals surface area contributed by atoms with Gasteiger partial charge in [0.05, 0.1) is 23.9 Å². The van der Waals surface area contributed by atoms with E-state index in [1.807, 2.05) is 27.7 Å². The summed E-state index contributed by atoms with van der Waals surface area (Å²) < 4.78 is 17.4. The first-order valence-corrected chi connectivity index (χ1v) is 13.5. The molecule has 34 heavy (non-hydrogen) atoms. The van der Waals surface area contributed by atoms with Crippen molar-refractivity contribution >= 4 is 17.9 Å². The minimum atomic E-state index is -0.891. The molecule has 0 amide bonds. The van der Waals surface area contributed by atoms with Crippen LogP contribution in [-0.4, -0.2) is 35.7 Å². The Morgan fingerprint density at radius 3 is 2.06 bits per heavy atom. The number of hydrogen-bond acceptors (Lipinski definition) is 6. The Hall–Kier alpha value is -1.59. The van der Waals surface area contributed by atoms with Gasteiger partial charge in [-0.1, -0.05) is 13.8 Å². The Balaban J connectivity index is 1.47. The van der Waals surface area contributed by atoms with Crippen molar-refractivity contribution in [3.05, 3.63) is 0 Å². The maximum atomic E-state index is 13.8. The average Bonchev–Trinajstić information content (AvgIpc) is 2.74. The zero-order valence-corrected chi connectivity index (χ0v) is 22.0. The fraction of sp³-hybridized carbons (Fsp3) is 0.893. The van der Waals surface area contributed by atoms with Crippen LogP contribution >= 0.6 is 0 Å². The fourth-order valence-corrected chi connectivity index (χ4v) is 7.76. The summed E-state index contributed by atoms with van der Waals surface area (Å²) in [6.45, 7) is 11.8. The van der Waals surface area contributed by atoms with Crippen LogP contribution in [0, 0.1) is 34.5 Å². The molecule has 5 rings (SSSR count). The molecule has 5 aliphatic rings. The Bertz CT molecular complexity index is 803. The minimum Gasteiger partial charge on any atom is -0.465 e. The van der Waals surface area contributed by atoms with Crippen molar-refractivity contribution < 1.29 is 28.6 Å². The highest BCUT2D eigenvalue weighted by atomic mass is 16.6. The number of rotatable bonds is 8. The monoisotopic (exact) mass is 476 g/mol. The summed E-state index contributed by atoms with van der Waals surface area (Å²) in [5.41, 5.74) is -2.88. The van der Waals surface area contributed by atoms with Gasteiger partial charge in [0.15, 0.2) is 0 Å². The summed E-state index contributed by atoms with van der Waals surface area (Å²) in [5.74, 6) is 1.68. The van der Waals surface area contributed by atoms with Gasteiger partial charge in [-0.2, -0.15) is 0 Å². The smallest absolute Gasteiger partial charge is 0.312 e. The van der Waals surface area contributed by atoms with Gasteiger partial charge < -0.3 is 14.2 Å². The average molecular weight is 477 g/mol. The van der Waals surface area contributed by atoms with E-state index in [9.17, 15) is 14.4 Å². The molecule has 0 aromatic heterocycles. The maximum absolute atomic E-state index is 13.8. The fourth-order valence-electron chi connectivity index (χ4n) is 7.76. The van der Waals surface area contributed by atoms with Gasteiger partial charge in [-0.25, -0.2) is 0 Å². The summed E-state index contributed by atoms with van der Waals surface area (Å²) in [7, 11) is 0. The third kappa shape index (κ3) is 4.51. The molecule has 6 heteroatoms. The van der Waals surface area contributed by atoms with Crippen LogP contribution in [0.3, 0.4) is 0 Å². The van der Waals surface area contributed by atoms with Crippen LogP contribution in [-0.2, 0) is 28.6 Å². The molecule has 2 atom stereocenters. The number of cyclic esters (lactones) is 1. The molecule has 192 valence electrons. The first kappa shape index (κ1) is 25.5. The van der Waals surface area contributed by atoms with E-state index in [2.05, 4.69) is 6.92 Å². The standard InChI is InChI=1S/C28H44O6/c1-7-26(5,17-25(3,4)23(30)33-27(6)9-10-32-22(29)16-27)24(31)34-28(8-2)20-12-18-11-19(14-20)15-21(28)13-18/h18-21H,7-17H2,1-6H3. The van der Waals surface area contributed by atoms with Gasteiger partial charge in [-0.3, -0.25) is 14.4 Å². The van der Waals surface area contributed by atoms with Gasteiger partial charge >= 0.3 is 17.9 Å². The predicted octanol–water partition coefficient (Wildman–Crippen LogP) is 5.61. The SMILES string of the molecule is CCC(C)(CC(C)(C)C(=O)OC1(C)CCOC(=O)C1)C(=O)OC1(CC)C2CC3CC(C2)CC1C3. The van der Waals surface area contributed by atoms with Crippen LogP contribution in [0.5, 0.6) is 0 Å². The van der Waals surface area contributed by atoms with Crippen molar-refractivity contribution in [2.45, 2.75) is 117 Å². The van der Waals surface area contributed by atoms with Gasteiger partial charge in [0.1, 0.15) is 11.2 Å². The predicted molar refractivity (Wildman–Crippen MR) is 128 cm³/mol. The van der Waals surface area contributed by atoms with E-state index >= 15 is 0 Å². The molecule has 5 fully saturated rings. The first-order chi connectivity index (χ1) is 15.8. The minimum absolute atomic E-state index is 0.0612. The van der Waals surface area contributed by atoms with Crippen LogP contribution in [0.4, 0.5) is 0 Å². The van der Waals surface area contributed by atoms with E-state index in [0.29, 0.717) is 31.1 Å². The lowest BCUT2D eigenvalue weighted by Gasteiger charge is -2.60. The van der Waals surface area contributed by atoms with E-state index in [1.54, 1.807) is 6.92 Å². The normalized spacial score (nSPS) is 38.7. The van der Waals surface area contributed by atoms with Crippen molar-refractivity contribution in [2.24, 2.45) is 34.5 Å². The second kappa shape index (κ2) is 8.81. The second-order valence-corrected chi connectivity index (χ2v) is 13.0. The maximum Gasteiger partial charge on any atom is 0.312 e. The summed E-state index contributed by atoms with van der Waals surface area (Å²) in [6.07, 6.45) is 8.47. The van der Waals surface area contributed by atoms with Crippen molar-refractivity contribution in [2.75, 3.05) is 6.61 Å². The molecule has 1 heterocycles. The highest BCUT2D eigenvalue weighted by Crippen LogP contribution is 2.61. The van der Waals surface area contributed by atoms with Crippen molar-refractivity contribution in [1.82, 2.24) is 0 Å². The molecule has 0 radical (unpaired) electrons. The Labute approximate surface area is 204 Å². The highest BCUT2D eigenvalue weighted by molar-refractivity contribution is 5.81. The van der Waals surface area contributed by atoms with Gasteiger partial charge in [0, 0.05) is 6.42 Å². The lowest BCUT2D eigenvalue weighted by atomic mass is 9.49. The third-order valence-corrected chi connectivity index (χ3v) is 9.76. The van der Waals surface area contributed by atoms with E-state index in [4.69, 9.17) is 14.2 Å². The lowest BCUT2D eigenvalue weighted by Crippen LogP contribution is -2.60. The summed E-state index contributed by atoms with van der Waals surface area (Å²) in [4.78, 5) is 38.8. The Morgan fingerprint density at radius 1 is 0.971 bits per heavy atom. The van der Waals surface area contributed by atoms with Crippen molar-refractivity contribution in [1.29, 1.82) is 0 Å². The molecule has 1 saturated heterocycles. The van der Waals surface area contributed by atoms with Crippen LogP contribution in [0.2, 0.25) is 0 Å². The summed E-state index contributed by atoms with van der Waals surface area (Å²) >= 11 is 0. The van der Waals surface area contributed by atoms with Gasteiger partial charge in [0.2, 0.25) is 0 Å². The van der Waals surface area contributed by atoms with E-state index in [1.165, 1.54) is 32.1 Å². The van der Waals surface area contributed by atoms with Crippen LogP contribution in [0.25, 0.3) is 0 Å². The molecular weight excluding hydrogens is 432 g/mol. The van der Waals surface area contributed by atoms with E-state index < -0.39 is 16.4 Å². The molecule has 0 spiro atoms. The molecule has 4 bridgehead atoms. The molecule has 0 aromatic carbocycles. The molecule has 2 unspecified atom stereocenters. The number of ether oxygens (including phenoxy) is 3. The van der Waals surface area contributed by atoms with E-state index in [0.717, 1.165) is 18.3 Å². The van der Waals surface area contributed by atoms with Crippen LogP contribution < -0.4 is 0 Å². The molecule has 4 aliphatic carbocycles. The topological polar surface area (TPSA) is 78.9 Å². The van der Waals surface area contributed by atoms with Crippen LogP contribution in [0.15, 0.2) is 0 Å². The molecule has 4 saturated carbocycles. The summed E-state index contributed by atoms with van der Waals surface area (Å²) in [6, 6.07) is 0. The largest absolute Gasteiger partial charge is 0.465 e. The number of carbonyl (C=O) groups is 3. The Kier molecular flexibility index (Phi) is 6.61. The van der Waals surface area contributed by atoms with Crippen molar-refractivity contribution in [3.63, 3.8) is 0 Å². The van der Waals surface area contributed by atoms with Gasteiger partial charge in [0.25, 0.3) is 0 Å². The molecular formula is C28H44O6. The quantitative estimate of drug-likeness (QED) is 0.335. The highest BCUT2D eigenvalue weighted by Gasteiger charge is 2.59. The third-order valence-electron chi connectivity index (χ3n) is 9.76. The molecule has 0 N–H and O–H groups in total.